The summed E-state index contributed by atoms with van der Waals surface area (Å²) in [5.74, 6) is 0.800. The predicted molar refractivity (Wildman–Crippen MR) is 103 cm³/mol. The van der Waals surface area contributed by atoms with Crippen molar-refractivity contribution in [3.63, 3.8) is 0 Å². The van der Waals surface area contributed by atoms with Crippen LogP contribution in [0.5, 0.6) is 5.75 Å². The fraction of sp³-hybridized carbons (Fsp3) is 0.409. The molecule has 136 valence electrons. The molecule has 0 radical (unpaired) electrons. The van der Waals surface area contributed by atoms with Crippen LogP contribution in [0.1, 0.15) is 28.8 Å². The van der Waals surface area contributed by atoms with Crippen LogP contribution < -0.4 is 4.74 Å². The van der Waals surface area contributed by atoms with E-state index >= 15 is 0 Å². The first kappa shape index (κ1) is 17.1. The number of piperazine rings is 1. The van der Waals surface area contributed by atoms with Crippen LogP contribution in [-0.4, -0.2) is 54.5 Å². The Labute approximate surface area is 155 Å². The zero-order valence-electron chi connectivity index (χ0n) is 15.1. The van der Waals surface area contributed by atoms with Gasteiger partial charge < -0.3 is 9.64 Å². The van der Waals surface area contributed by atoms with Crippen LogP contribution in [0, 0.1) is 0 Å². The first-order valence-corrected chi connectivity index (χ1v) is 9.60. The Morgan fingerprint density at radius 3 is 2.69 bits per heavy atom. The second kappa shape index (κ2) is 7.92. The molecule has 0 saturated carbocycles. The highest BCUT2D eigenvalue weighted by Gasteiger charge is 2.33. The summed E-state index contributed by atoms with van der Waals surface area (Å²) in [6, 6.07) is 18.5. The van der Waals surface area contributed by atoms with Crippen LogP contribution in [0.4, 0.5) is 0 Å². The minimum atomic E-state index is 0.104. The van der Waals surface area contributed by atoms with Gasteiger partial charge in [-0.05, 0) is 37.1 Å². The molecule has 26 heavy (non-hydrogen) atoms. The zero-order chi connectivity index (χ0) is 17.8. The number of hydrogen-bond acceptors (Lipinski definition) is 3. The molecule has 2 aliphatic heterocycles. The lowest BCUT2D eigenvalue weighted by atomic mass is 10.1. The Morgan fingerprint density at radius 2 is 1.81 bits per heavy atom. The molecule has 4 nitrogen and oxygen atoms in total. The first-order chi connectivity index (χ1) is 12.8. The molecule has 2 fully saturated rings. The molecule has 0 N–H and O–H groups in total. The number of carbonyl (C=O) groups excluding carboxylic acids is 1. The van der Waals surface area contributed by atoms with Gasteiger partial charge in [0.15, 0.2) is 0 Å². The molecule has 0 aliphatic carbocycles. The van der Waals surface area contributed by atoms with E-state index in [2.05, 4.69) is 17.0 Å². The van der Waals surface area contributed by atoms with Gasteiger partial charge in [-0.25, -0.2) is 0 Å². The highest BCUT2D eigenvalue weighted by atomic mass is 16.5. The highest BCUT2D eigenvalue weighted by molar-refractivity contribution is 5.97. The Hall–Kier alpha value is -2.33. The number of hydrogen-bond donors (Lipinski definition) is 0. The maximum absolute atomic E-state index is 13.1. The standard InChI is InChI=1S/C22H26N2O2/c25-22(24-15-14-23-13-6-9-19(23)17-24)20-10-4-5-11-21(20)26-16-12-18-7-2-1-3-8-18/h1-5,7-8,10-11,19H,6,9,12-17H2. The zero-order valence-corrected chi connectivity index (χ0v) is 15.1. The molecule has 4 heteroatoms. The number of fused-ring (bicyclic) bond motifs is 1. The fourth-order valence-electron chi connectivity index (χ4n) is 4.04. The normalized spacial score (nSPS) is 20.0. The van der Waals surface area contributed by atoms with Crippen molar-refractivity contribution in [3.05, 3.63) is 65.7 Å². The maximum atomic E-state index is 13.1. The number of nitrogens with zero attached hydrogens (tertiary/aromatic N) is 2. The number of para-hydroxylation sites is 1. The Balaban J connectivity index is 1.41. The van der Waals surface area contributed by atoms with E-state index in [0.717, 1.165) is 26.1 Å². The van der Waals surface area contributed by atoms with Gasteiger partial charge >= 0.3 is 0 Å². The van der Waals surface area contributed by atoms with E-state index in [0.29, 0.717) is 24.0 Å². The van der Waals surface area contributed by atoms with Gasteiger partial charge in [0.1, 0.15) is 5.75 Å². The van der Waals surface area contributed by atoms with Gasteiger partial charge in [-0.1, -0.05) is 42.5 Å². The Kier molecular flexibility index (Phi) is 5.21. The summed E-state index contributed by atoms with van der Waals surface area (Å²) in [5.41, 5.74) is 1.93. The Bertz CT molecular complexity index is 747. The summed E-state index contributed by atoms with van der Waals surface area (Å²) >= 11 is 0. The van der Waals surface area contributed by atoms with Crippen molar-refractivity contribution in [2.75, 3.05) is 32.8 Å². The average molecular weight is 350 g/mol. The summed E-state index contributed by atoms with van der Waals surface area (Å²) in [6.45, 7) is 4.41. The van der Waals surface area contributed by atoms with E-state index < -0.39 is 0 Å². The van der Waals surface area contributed by atoms with E-state index in [-0.39, 0.29) is 5.91 Å². The molecule has 1 atom stereocenters. The van der Waals surface area contributed by atoms with Crippen molar-refractivity contribution in [3.8, 4) is 5.75 Å². The minimum absolute atomic E-state index is 0.104. The van der Waals surface area contributed by atoms with Crippen LogP contribution in [0.25, 0.3) is 0 Å². The molecule has 2 aromatic rings. The lowest BCUT2D eigenvalue weighted by Crippen LogP contribution is -2.52. The molecule has 2 saturated heterocycles. The van der Waals surface area contributed by atoms with E-state index in [9.17, 15) is 4.79 Å². The van der Waals surface area contributed by atoms with Crippen molar-refractivity contribution in [1.82, 2.24) is 9.80 Å². The van der Waals surface area contributed by atoms with Gasteiger partial charge in [-0.2, -0.15) is 0 Å². The average Bonchev–Trinajstić information content (AvgIpc) is 3.16. The van der Waals surface area contributed by atoms with Crippen molar-refractivity contribution in [2.24, 2.45) is 0 Å². The van der Waals surface area contributed by atoms with Crippen LogP contribution in [0.2, 0.25) is 0 Å². The first-order valence-electron chi connectivity index (χ1n) is 9.60. The van der Waals surface area contributed by atoms with Gasteiger partial charge in [-0.15, -0.1) is 0 Å². The molecule has 4 rings (SSSR count). The summed E-state index contributed by atoms with van der Waals surface area (Å²) in [6.07, 6.45) is 3.30. The largest absolute Gasteiger partial charge is 0.492 e. The van der Waals surface area contributed by atoms with Crippen molar-refractivity contribution in [1.29, 1.82) is 0 Å². The molecular weight excluding hydrogens is 324 g/mol. The summed E-state index contributed by atoms with van der Waals surface area (Å²) < 4.78 is 5.98. The summed E-state index contributed by atoms with van der Waals surface area (Å²) in [4.78, 5) is 17.6. The molecular formula is C22H26N2O2. The highest BCUT2D eigenvalue weighted by Crippen LogP contribution is 2.25. The van der Waals surface area contributed by atoms with Gasteiger partial charge in [0.05, 0.1) is 12.2 Å². The minimum Gasteiger partial charge on any atom is -0.492 e. The van der Waals surface area contributed by atoms with Crippen LogP contribution in [0.15, 0.2) is 54.6 Å². The third-order valence-corrected chi connectivity index (χ3v) is 5.48. The van der Waals surface area contributed by atoms with Crippen LogP contribution in [0.3, 0.4) is 0 Å². The molecule has 2 aromatic carbocycles. The smallest absolute Gasteiger partial charge is 0.257 e. The van der Waals surface area contributed by atoms with Crippen LogP contribution in [-0.2, 0) is 6.42 Å². The Morgan fingerprint density at radius 1 is 1.00 bits per heavy atom. The molecule has 1 unspecified atom stereocenters. The van der Waals surface area contributed by atoms with E-state index in [1.807, 2.05) is 47.4 Å². The number of amides is 1. The number of rotatable bonds is 5. The number of carbonyl (C=O) groups is 1. The van der Waals surface area contributed by atoms with E-state index in [1.54, 1.807) is 0 Å². The number of ether oxygens (including phenoxy) is 1. The quantitative estimate of drug-likeness (QED) is 0.830. The summed E-state index contributed by atoms with van der Waals surface area (Å²) in [7, 11) is 0. The maximum Gasteiger partial charge on any atom is 0.257 e. The SMILES string of the molecule is O=C(c1ccccc1OCCc1ccccc1)N1CCN2CCCC2C1. The molecule has 1 amide bonds. The monoisotopic (exact) mass is 350 g/mol. The predicted octanol–water partition coefficient (Wildman–Crippen LogP) is 3.23. The van der Waals surface area contributed by atoms with Crippen LogP contribution >= 0.6 is 0 Å². The van der Waals surface area contributed by atoms with E-state index in [1.165, 1.54) is 24.9 Å². The number of benzene rings is 2. The molecule has 2 heterocycles. The lowest BCUT2D eigenvalue weighted by molar-refractivity contribution is 0.0567. The van der Waals surface area contributed by atoms with Crippen molar-refractivity contribution >= 4 is 5.91 Å². The third-order valence-electron chi connectivity index (χ3n) is 5.48. The molecule has 0 aromatic heterocycles. The van der Waals surface area contributed by atoms with Gasteiger partial charge in [0, 0.05) is 32.1 Å². The van der Waals surface area contributed by atoms with Gasteiger partial charge in [-0.3, -0.25) is 9.69 Å². The second-order valence-corrected chi connectivity index (χ2v) is 7.16. The lowest BCUT2D eigenvalue weighted by Gasteiger charge is -2.37. The molecule has 0 bridgehead atoms. The van der Waals surface area contributed by atoms with E-state index in [4.69, 9.17) is 4.74 Å². The molecule has 2 aliphatic rings. The van der Waals surface area contributed by atoms with Gasteiger partial charge in [0.2, 0.25) is 0 Å². The van der Waals surface area contributed by atoms with Crippen molar-refractivity contribution in [2.45, 2.75) is 25.3 Å². The fourth-order valence-corrected chi connectivity index (χ4v) is 4.04. The molecule has 0 spiro atoms. The van der Waals surface area contributed by atoms with Crippen molar-refractivity contribution < 1.29 is 9.53 Å². The second-order valence-electron chi connectivity index (χ2n) is 7.16. The third kappa shape index (κ3) is 3.75. The topological polar surface area (TPSA) is 32.8 Å². The summed E-state index contributed by atoms with van der Waals surface area (Å²) in [5, 5.41) is 0. The van der Waals surface area contributed by atoms with Gasteiger partial charge in [0.25, 0.3) is 5.91 Å².